The van der Waals surface area contributed by atoms with Crippen molar-refractivity contribution >= 4 is 40.3 Å². The molecule has 0 spiro atoms. The fourth-order valence-electron chi connectivity index (χ4n) is 5.10. The molecule has 4 heterocycles. The van der Waals surface area contributed by atoms with Crippen molar-refractivity contribution in [3.05, 3.63) is 101 Å². The van der Waals surface area contributed by atoms with E-state index in [1.165, 1.54) is 5.69 Å². The minimum Gasteiger partial charge on any atom is -0.459 e. The number of anilines is 2. The monoisotopic (exact) mass is 530 g/mol. The van der Waals surface area contributed by atoms with Crippen LogP contribution in [0.15, 0.2) is 83.4 Å². The quantitative estimate of drug-likeness (QED) is 0.303. The first-order valence-electron chi connectivity index (χ1n) is 12.4. The van der Waals surface area contributed by atoms with Crippen molar-refractivity contribution in [3.8, 4) is 11.3 Å². The molecule has 0 bridgehead atoms. The predicted octanol–water partition coefficient (Wildman–Crippen LogP) is 6.32. The molecule has 2 atom stereocenters. The number of hydrogen-bond acceptors (Lipinski definition) is 5. The van der Waals surface area contributed by atoms with Crippen LogP contribution in [0.4, 0.5) is 11.4 Å². The van der Waals surface area contributed by atoms with E-state index in [4.69, 9.17) is 33.0 Å². The van der Waals surface area contributed by atoms with Crippen LogP contribution in [0.5, 0.6) is 0 Å². The van der Waals surface area contributed by atoms with Gasteiger partial charge in [0.2, 0.25) is 0 Å². The highest BCUT2D eigenvalue weighted by atomic mass is 35.5. The fourth-order valence-corrected chi connectivity index (χ4v) is 5.62. The maximum atomic E-state index is 6.51. The van der Waals surface area contributed by atoms with Crippen molar-refractivity contribution in [1.29, 1.82) is 0 Å². The van der Waals surface area contributed by atoms with Gasteiger partial charge in [0.05, 0.1) is 24.9 Å². The molecule has 6 nitrogen and oxygen atoms in total. The molecule has 37 heavy (non-hydrogen) atoms. The maximum absolute atomic E-state index is 6.51. The number of aromatic nitrogens is 1. The second-order valence-electron chi connectivity index (χ2n) is 9.23. The second kappa shape index (κ2) is 10.2. The van der Waals surface area contributed by atoms with E-state index in [2.05, 4.69) is 44.4 Å². The van der Waals surface area contributed by atoms with E-state index in [-0.39, 0.29) is 12.1 Å². The molecule has 0 aliphatic carbocycles. The number of hydrogen-bond donors (Lipinski definition) is 1. The highest BCUT2D eigenvalue weighted by Crippen LogP contribution is 2.43. The van der Waals surface area contributed by atoms with Gasteiger partial charge in [-0.3, -0.25) is 4.98 Å². The Balaban J connectivity index is 1.38. The smallest absolute Gasteiger partial charge is 0.174 e. The van der Waals surface area contributed by atoms with Gasteiger partial charge in [-0.05, 0) is 79.3 Å². The van der Waals surface area contributed by atoms with Gasteiger partial charge in [0, 0.05) is 41.2 Å². The largest absolute Gasteiger partial charge is 0.459 e. The lowest BCUT2D eigenvalue weighted by Crippen LogP contribution is -2.36. The minimum atomic E-state index is -0.218. The highest BCUT2D eigenvalue weighted by Gasteiger charge is 2.42. The van der Waals surface area contributed by atoms with Crippen molar-refractivity contribution in [1.82, 2.24) is 10.3 Å². The average molecular weight is 531 g/mol. The summed E-state index contributed by atoms with van der Waals surface area (Å²) in [5.74, 6) is 1.57. The number of rotatable bonds is 5. The van der Waals surface area contributed by atoms with E-state index in [0.717, 1.165) is 60.3 Å². The van der Waals surface area contributed by atoms with E-state index >= 15 is 0 Å². The third-order valence-corrected chi connectivity index (χ3v) is 7.78. The molecule has 188 valence electrons. The minimum absolute atomic E-state index is 0.174. The van der Waals surface area contributed by atoms with Crippen molar-refractivity contribution in [2.45, 2.75) is 19.0 Å². The summed E-state index contributed by atoms with van der Waals surface area (Å²) >= 11 is 12.3. The number of nitrogens with one attached hydrogen (secondary N) is 1. The summed E-state index contributed by atoms with van der Waals surface area (Å²) in [6.07, 6.45) is 1.81. The molecule has 0 saturated carbocycles. The standard InChI is InChI=1S/C29H27ClN4O2S/c1-19-22(5-4-6-23(19)30)25-12-13-26(36-25)28-27(24-7-2-3-14-31-24)32-29(37)34(28)21-10-8-20(9-11-21)33-15-17-35-18-16-33/h2-14,27-28H,15-18H2,1H3,(H,32,37)/t27-,28+/m0/s1. The number of benzene rings is 2. The number of thiocarbonyl (C=S) groups is 1. The molecular formula is C29H27ClN4O2S. The van der Waals surface area contributed by atoms with Crippen molar-refractivity contribution in [2.75, 3.05) is 36.1 Å². The first-order chi connectivity index (χ1) is 18.1. The van der Waals surface area contributed by atoms with E-state index in [0.29, 0.717) is 10.1 Å². The topological polar surface area (TPSA) is 53.8 Å². The van der Waals surface area contributed by atoms with Gasteiger partial charge in [0.25, 0.3) is 0 Å². The van der Waals surface area contributed by atoms with Crippen LogP contribution in [-0.4, -0.2) is 36.4 Å². The van der Waals surface area contributed by atoms with Crippen molar-refractivity contribution < 1.29 is 9.15 Å². The summed E-state index contributed by atoms with van der Waals surface area (Å²) in [5, 5.41) is 4.85. The van der Waals surface area contributed by atoms with E-state index < -0.39 is 0 Å². The average Bonchev–Trinajstić information content (AvgIpc) is 3.56. The number of halogens is 1. The van der Waals surface area contributed by atoms with E-state index in [1.54, 1.807) is 6.20 Å². The Morgan fingerprint density at radius 1 is 0.946 bits per heavy atom. The number of pyridine rings is 1. The third kappa shape index (κ3) is 4.59. The van der Waals surface area contributed by atoms with Crippen LogP contribution in [0.25, 0.3) is 11.3 Å². The third-order valence-electron chi connectivity index (χ3n) is 7.05. The summed E-state index contributed by atoms with van der Waals surface area (Å²) in [5.41, 5.74) is 5.04. The Kier molecular flexibility index (Phi) is 6.59. The molecule has 2 aromatic carbocycles. The lowest BCUT2D eigenvalue weighted by molar-refractivity contribution is 0.122. The number of ether oxygens (including phenoxy) is 1. The molecule has 2 aliphatic rings. The van der Waals surface area contributed by atoms with Crippen molar-refractivity contribution in [2.24, 2.45) is 0 Å². The van der Waals surface area contributed by atoms with Gasteiger partial charge in [-0.2, -0.15) is 0 Å². The summed E-state index contributed by atoms with van der Waals surface area (Å²) in [4.78, 5) is 9.11. The zero-order chi connectivity index (χ0) is 25.4. The van der Waals surface area contributed by atoms with Gasteiger partial charge >= 0.3 is 0 Å². The molecule has 1 N–H and O–H groups in total. The molecule has 0 amide bonds. The van der Waals surface area contributed by atoms with Gasteiger partial charge < -0.3 is 24.3 Å². The van der Waals surface area contributed by atoms with Gasteiger partial charge in [-0.25, -0.2) is 0 Å². The Labute approximate surface area is 226 Å². The van der Waals surface area contributed by atoms with E-state index in [9.17, 15) is 0 Å². The molecular weight excluding hydrogens is 504 g/mol. The lowest BCUT2D eigenvalue weighted by Gasteiger charge is -2.30. The summed E-state index contributed by atoms with van der Waals surface area (Å²) < 4.78 is 12.0. The first-order valence-corrected chi connectivity index (χ1v) is 13.2. The summed E-state index contributed by atoms with van der Waals surface area (Å²) in [7, 11) is 0. The molecule has 0 radical (unpaired) electrons. The fraction of sp³-hybridized carbons (Fsp3) is 0.241. The normalized spacial score (nSPS) is 19.8. The first kappa shape index (κ1) is 24.0. The molecule has 2 aromatic heterocycles. The van der Waals surface area contributed by atoms with Crippen molar-refractivity contribution in [3.63, 3.8) is 0 Å². The van der Waals surface area contributed by atoms with Gasteiger partial charge in [-0.15, -0.1) is 0 Å². The Hall–Kier alpha value is -3.39. The van der Waals surface area contributed by atoms with Crippen LogP contribution in [0, 0.1) is 6.92 Å². The van der Waals surface area contributed by atoms with Crippen LogP contribution >= 0.6 is 23.8 Å². The summed E-state index contributed by atoms with van der Waals surface area (Å²) in [6, 6.07) is 24.0. The molecule has 4 aromatic rings. The molecule has 2 aliphatic heterocycles. The maximum Gasteiger partial charge on any atom is 0.174 e. The zero-order valence-corrected chi connectivity index (χ0v) is 22.0. The van der Waals surface area contributed by atoms with Gasteiger partial charge in [0.1, 0.15) is 17.6 Å². The second-order valence-corrected chi connectivity index (χ2v) is 10.0. The number of nitrogens with zero attached hydrogens (tertiary/aromatic N) is 3. The number of morpholine rings is 1. The molecule has 2 saturated heterocycles. The Morgan fingerprint density at radius 2 is 1.73 bits per heavy atom. The Morgan fingerprint density at radius 3 is 2.49 bits per heavy atom. The van der Waals surface area contributed by atoms with Gasteiger partial charge in [-0.1, -0.05) is 29.8 Å². The molecule has 2 fully saturated rings. The highest BCUT2D eigenvalue weighted by molar-refractivity contribution is 7.80. The van der Waals surface area contributed by atoms with Crippen LogP contribution in [0.2, 0.25) is 5.02 Å². The summed E-state index contributed by atoms with van der Waals surface area (Å²) in [6.45, 7) is 5.30. The Bertz CT molecular complexity index is 1400. The molecule has 0 unspecified atom stereocenters. The van der Waals surface area contributed by atoms with Crippen LogP contribution < -0.4 is 15.1 Å². The predicted molar refractivity (Wildman–Crippen MR) is 151 cm³/mol. The van der Waals surface area contributed by atoms with Crippen LogP contribution in [-0.2, 0) is 4.74 Å². The lowest BCUT2D eigenvalue weighted by atomic mass is 10.0. The van der Waals surface area contributed by atoms with E-state index in [1.807, 2.05) is 55.5 Å². The molecule has 8 heteroatoms. The molecule has 6 rings (SSSR count). The van der Waals surface area contributed by atoms with Crippen LogP contribution in [0.3, 0.4) is 0 Å². The number of furan rings is 1. The van der Waals surface area contributed by atoms with Crippen LogP contribution in [0.1, 0.15) is 29.1 Å². The SMILES string of the molecule is Cc1c(Cl)cccc1-c1ccc([C@@H]2[C@H](c3ccccn3)NC(=S)N2c2ccc(N3CCOCC3)cc2)o1. The van der Waals surface area contributed by atoms with Gasteiger partial charge in [0.15, 0.2) is 5.11 Å². The zero-order valence-electron chi connectivity index (χ0n) is 20.4.